The minimum atomic E-state index is -1.79. The largest absolute Gasteiger partial charge is 0.479 e. The molecule has 1 heterocycles. The second-order valence-electron chi connectivity index (χ2n) is 2.97. The molecule has 1 aliphatic rings. The molecule has 1 saturated heterocycles. The molecule has 0 spiro atoms. The van der Waals surface area contributed by atoms with E-state index in [1.807, 2.05) is 0 Å². The Morgan fingerprint density at radius 2 is 1.80 bits per heavy atom. The highest BCUT2D eigenvalue weighted by atomic mass is 16.7. The van der Waals surface area contributed by atoms with Crippen LogP contribution in [0.5, 0.6) is 0 Å². The van der Waals surface area contributed by atoms with Gasteiger partial charge in [-0.2, -0.15) is 0 Å². The van der Waals surface area contributed by atoms with Crippen LogP contribution in [0.4, 0.5) is 0 Å². The summed E-state index contributed by atoms with van der Waals surface area (Å²) in [4.78, 5) is 20.5. The Kier molecular flexibility index (Phi) is 3.58. The number of aliphatic hydroxyl groups excluding tert-OH is 3. The summed E-state index contributed by atoms with van der Waals surface area (Å²) < 4.78 is 8.78. The molecule has 4 N–H and O–H groups in total. The Morgan fingerprint density at radius 1 is 1.20 bits per heavy atom. The molecule has 0 bridgehead atoms. The molecular weight excluding hydrogens is 212 g/mol. The Bertz CT molecular complexity index is 253. The van der Waals surface area contributed by atoms with Gasteiger partial charge in [0.1, 0.15) is 18.3 Å². The zero-order chi connectivity index (χ0) is 11.6. The molecular formula is C7H10O8. The lowest BCUT2D eigenvalue weighted by Crippen LogP contribution is -2.60. The summed E-state index contributed by atoms with van der Waals surface area (Å²) in [6.45, 7) is -0.0583. The van der Waals surface area contributed by atoms with E-state index in [0.29, 0.717) is 0 Å². The second-order valence-corrected chi connectivity index (χ2v) is 2.97. The summed E-state index contributed by atoms with van der Waals surface area (Å²) in [5.41, 5.74) is 0. The van der Waals surface area contributed by atoms with Crippen molar-refractivity contribution < 1.29 is 39.5 Å². The van der Waals surface area contributed by atoms with E-state index in [9.17, 15) is 24.9 Å². The predicted molar refractivity (Wildman–Crippen MR) is 41.5 cm³/mol. The summed E-state index contributed by atoms with van der Waals surface area (Å²) >= 11 is 0. The fraction of sp³-hybridized carbons (Fsp3) is 0.714. The van der Waals surface area contributed by atoms with E-state index >= 15 is 0 Å². The maximum atomic E-state index is 10.5. The molecule has 0 aliphatic carbocycles. The first-order valence-electron chi connectivity index (χ1n) is 4.00. The molecule has 0 aromatic carbocycles. The van der Waals surface area contributed by atoms with Crippen molar-refractivity contribution in [2.75, 3.05) is 0 Å². The van der Waals surface area contributed by atoms with E-state index in [4.69, 9.17) is 5.11 Å². The number of ether oxygens (including phenoxy) is 2. The topological polar surface area (TPSA) is 134 Å². The lowest BCUT2D eigenvalue weighted by molar-refractivity contribution is -0.282. The van der Waals surface area contributed by atoms with Gasteiger partial charge in [0.15, 0.2) is 6.10 Å². The molecule has 1 fully saturated rings. The zero-order valence-electron chi connectivity index (χ0n) is 7.39. The van der Waals surface area contributed by atoms with Gasteiger partial charge in [-0.05, 0) is 0 Å². The lowest BCUT2D eigenvalue weighted by Gasteiger charge is -2.37. The van der Waals surface area contributed by atoms with Crippen molar-refractivity contribution in [3.63, 3.8) is 0 Å². The molecule has 0 radical (unpaired) electrons. The SMILES string of the molecule is O=CO[C@@H]1O[C@H](C(=O)O)[C@@H](O)[C@H](O)[C@H]1O. The van der Waals surface area contributed by atoms with E-state index in [0.717, 1.165) is 0 Å². The fourth-order valence-corrected chi connectivity index (χ4v) is 1.22. The van der Waals surface area contributed by atoms with Crippen molar-refractivity contribution in [3.05, 3.63) is 0 Å². The third kappa shape index (κ3) is 2.23. The van der Waals surface area contributed by atoms with Crippen molar-refractivity contribution in [1.82, 2.24) is 0 Å². The van der Waals surface area contributed by atoms with Gasteiger partial charge in [0.05, 0.1) is 0 Å². The number of hydrogen-bond acceptors (Lipinski definition) is 7. The number of aliphatic hydroxyl groups is 3. The Hall–Kier alpha value is -1.22. The van der Waals surface area contributed by atoms with Crippen molar-refractivity contribution in [1.29, 1.82) is 0 Å². The fourth-order valence-electron chi connectivity index (χ4n) is 1.22. The molecule has 8 heteroatoms. The molecule has 1 aliphatic heterocycles. The van der Waals surface area contributed by atoms with E-state index in [1.165, 1.54) is 0 Å². The first-order chi connectivity index (χ1) is 6.99. The van der Waals surface area contributed by atoms with Crippen LogP contribution in [0.2, 0.25) is 0 Å². The number of aliphatic carboxylic acids is 1. The van der Waals surface area contributed by atoms with Crippen molar-refractivity contribution >= 4 is 12.4 Å². The van der Waals surface area contributed by atoms with Crippen LogP contribution in [-0.2, 0) is 19.1 Å². The zero-order valence-corrected chi connectivity index (χ0v) is 7.39. The normalized spacial score (nSPS) is 40.9. The minimum absolute atomic E-state index is 0.0583. The maximum absolute atomic E-state index is 10.5. The van der Waals surface area contributed by atoms with Gasteiger partial charge >= 0.3 is 5.97 Å². The lowest BCUT2D eigenvalue weighted by atomic mass is 9.99. The van der Waals surface area contributed by atoms with Crippen LogP contribution in [-0.4, -0.2) is 63.6 Å². The molecule has 86 valence electrons. The van der Waals surface area contributed by atoms with Crippen LogP contribution >= 0.6 is 0 Å². The number of hydrogen-bond donors (Lipinski definition) is 4. The van der Waals surface area contributed by atoms with Crippen molar-refractivity contribution in [2.24, 2.45) is 0 Å². The van der Waals surface area contributed by atoms with Gasteiger partial charge in [-0.1, -0.05) is 0 Å². The summed E-state index contributed by atoms with van der Waals surface area (Å²) in [6, 6.07) is 0. The van der Waals surface area contributed by atoms with Crippen LogP contribution in [0, 0.1) is 0 Å². The van der Waals surface area contributed by atoms with Crippen molar-refractivity contribution in [2.45, 2.75) is 30.7 Å². The minimum Gasteiger partial charge on any atom is -0.479 e. The number of rotatable bonds is 3. The molecule has 0 saturated carbocycles. The van der Waals surface area contributed by atoms with Gasteiger partial charge in [0.25, 0.3) is 6.47 Å². The molecule has 0 aromatic rings. The number of carbonyl (C=O) groups is 2. The first kappa shape index (κ1) is 11.9. The van der Waals surface area contributed by atoms with Crippen LogP contribution in [0.25, 0.3) is 0 Å². The van der Waals surface area contributed by atoms with Crippen molar-refractivity contribution in [3.8, 4) is 0 Å². The van der Waals surface area contributed by atoms with Gasteiger partial charge in [-0.3, -0.25) is 4.79 Å². The monoisotopic (exact) mass is 222 g/mol. The summed E-state index contributed by atoms with van der Waals surface area (Å²) in [7, 11) is 0. The number of carboxylic acids is 1. The first-order valence-corrected chi connectivity index (χ1v) is 4.00. The molecule has 8 nitrogen and oxygen atoms in total. The quantitative estimate of drug-likeness (QED) is 0.372. The van der Waals surface area contributed by atoms with Crippen LogP contribution < -0.4 is 0 Å². The van der Waals surface area contributed by atoms with E-state index in [1.54, 1.807) is 0 Å². The van der Waals surface area contributed by atoms with E-state index < -0.39 is 36.7 Å². The Balaban J connectivity index is 2.79. The highest BCUT2D eigenvalue weighted by Gasteiger charge is 2.47. The van der Waals surface area contributed by atoms with Gasteiger partial charge in [-0.15, -0.1) is 0 Å². The predicted octanol–water partition coefficient (Wildman–Crippen LogP) is -2.95. The molecule has 15 heavy (non-hydrogen) atoms. The van der Waals surface area contributed by atoms with Crippen LogP contribution in [0.3, 0.4) is 0 Å². The van der Waals surface area contributed by atoms with Crippen LogP contribution in [0.15, 0.2) is 0 Å². The highest BCUT2D eigenvalue weighted by Crippen LogP contribution is 2.21. The molecule has 0 unspecified atom stereocenters. The number of carbonyl (C=O) groups excluding carboxylic acids is 1. The van der Waals surface area contributed by atoms with Gasteiger partial charge < -0.3 is 29.9 Å². The van der Waals surface area contributed by atoms with Gasteiger partial charge in [0.2, 0.25) is 6.29 Å². The summed E-state index contributed by atoms with van der Waals surface area (Å²) in [5.74, 6) is -1.53. The van der Waals surface area contributed by atoms with E-state index in [2.05, 4.69) is 9.47 Å². The molecule has 0 amide bonds. The average Bonchev–Trinajstić information content (AvgIpc) is 2.18. The molecule has 5 atom stereocenters. The highest BCUT2D eigenvalue weighted by molar-refractivity contribution is 5.73. The third-order valence-corrected chi connectivity index (χ3v) is 2.00. The summed E-state index contributed by atoms with van der Waals surface area (Å²) in [6.07, 6.45) is -8.61. The van der Waals surface area contributed by atoms with Gasteiger partial charge in [-0.25, -0.2) is 4.79 Å². The summed E-state index contributed by atoms with van der Waals surface area (Å²) in [5, 5.41) is 36.2. The standard InChI is InChI=1S/C7H10O8/c8-1-14-7-4(11)2(9)3(10)5(15-7)6(12)13/h1-5,7,9-11H,(H,12,13)/t2-,3-,4+,5-,7+/m0/s1. The van der Waals surface area contributed by atoms with Crippen LogP contribution in [0.1, 0.15) is 0 Å². The number of carboxylic acid groups (broad SMARTS) is 1. The second kappa shape index (κ2) is 4.53. The maximum Gasteiger partial charge on any atom is 0.335 e. The Morgan fingerprint density at radius 3 is 2.27 bits per heavy atom. The average molecular weight is 222 g/mol. The molecule has 0 aromatic heterocycles. The smallest absolute Gasteiger partial charge is 0.335 e. The third-order valence-electron chi connectivity index (χ3n) is 2.00. The Labute approximate surface area is 83.7 Å². The van der Waals surface area contributed by atoms with E-state index in [-0.39, 0.29) is 6.47 Å². The molecule has 1 rings (SSSR count). The van der Waals surface area contributed by atoms with Gasteiger partial charge in [0, 0.05) is 0 Å².